The van der Waals surface area contributed by atoms with Crippen LogP contribution >= 0.6 is 0 Å². The molecule has 1 aliphatic heterocycles. The van der Waals surface area contributed by atoms with Gasteiger partial charge in [-0.05, 0) is 43.2 Å². The van der Waals surface area contributed by atoms with Gasteiger partial charge in [0.25, 0.3) is 5.91 Å². The topological polar surface area (TPSA) is 78.5 Å². The van der Waals surface area contributed by atoms with Crippen molar-refractivity contribution in [3.63, 3.8) is 0 Å². The Labute approximate surface area is 153 Å². The molecular weight excluding hydrogens is 330 g/mol. The molecule has 4 rings (SSSR count). The number of nitrogens with zero attached hydrogens (tertiary/aromatic N) is 1. The predicted molar refractivity (Wildman–Crippen MR) is 96.5 cm³/mol. The highest BCUT2D eigenvalue weighted by atomic mass is 16.2. The van der Waals surface area contributed by atoms with Gasteiger partial charge in [0, 0.05) is 6.04 Å². The van der Waals surface area contributed by atoms with E-state index in [9.17, 15) is 14.4 Å². The lowest BCUT2D eigenvalue weighted by molar-refractivity contribution is -0.136. The average Bonchev–Trinajstić information content (AvgIpc) is 2.86. The highest BCUT2D eigenvalue weighted by molar-refractivity contribution is 6.09. The van der Waals surface area contributed by atoms with E-state index in [0.29, 0.717) is 12.8 Å². The van der Waals surface area contributed by atoms with Gasteiger partial charge in [0.05, 0.1) is 0 Å². The highest BCUT2D eigenvalue weighted by Crippen LogP contribution is 2.33. The van der Waals surface area contributed by atoms with Crippen molar-refractivity contribution in [3.8, 4) is 0 Å². The molecule has 6 nitrogen and oxygen atoms in total. The van der Waals surface area contributed by atoms with E-state index in [1.807, 2.05) is 12.1 Å². The Morgan fingerprint density at radius 2 is 1.88 bits per heavy atom. The molecule has 2 fully saturated rings. The number of benzene rings is 1. The van der Waals surface area contributed by atoms with E-state index >= 15 is 0 Å². The van der Waals surface area contributed by atoms with Gasteiger partial charge in [0.2, 0.25) is 5.91 Å². The van der Waals surface area contributed by atoms with Crippen molar-refractivity contribution in [2.24, 2.45) is 0 Å². The van der Waals surface area contributed by atoms with E-state index < -0.39 is 11.6 Å². The van der Waals surface area contributed by atoms with Gasteiger partial charge in [-0.15, -0.1) is 0 Å². The number of carbonyl (C=O) groups excluding carboxylic acids is 3. The molecule has 2 N–H and O–H groups in total. The fourth-order valence-electron chi connectivity index (χ4n) is 4.55. The molecule has 26 heavy (non-hydrogen) atoms. The Hall–Kier alpha value is -2.37. The molecule has 6 heteroatoms. The monoisotopic (exact) mass is 355 g/mol. The van der Waals surface area contributed by atoms with Crippen LogP contribution in [0.5, 0.6) is 0 Å². The minimum atomic E-state index is -0.764. The van der Waals surface area contributed by atoms with Crippen molar-refractivity contribution in [1.29, 1.82) is 0 Å². The van der Waals surface area contributed by atoms with Crippen molar-refractivity contribution in [2.75, 3.05) is 6.54 Å². The third-order valence-corrected chi connectivity index (χ3v) is 5.97. The molecule has 1 heterocycles. The number of urea groups is 1. The molecule has 138 valence electrons. The molecule has 1 atom stereocenters. The Bertz CT molecular complexity index is 740. The standard InChI is InChI=1S/C20H25N3O3/c24-17(21-16-9-8-14-6-2-3-7-15(14)12-16)13-23-18(25)20(22-19(23)26)10-4-1-5-11-20/h2-3,6-7,16H,1,4-5,8-13H2,(H,21,24)(H,22,26). The number of rotatable bonds is 3. The molecule has 1 aromatic carbocycles. The second-order valence-corrected chi connectivity index (χ2v) is 7.74. The molecule has 3 aliphatic rings. The molecular formula is C20H25N3O3. The van der Waals surface area contributed by atoms with Crippen LogP contribution < -0.4 is 10.6 Å². The van der Waals surface area contributed by atoms with E-state index in [1.54, 1.807) is 0 Å². The fourth-order valence-corrected chi connectivity index (χ4v) is 4.55. The zero-order valence-electron chi connectivity index (χ0n) is 14.9. The summed E-state index contributed by atoms with van der Waals surface area (Å²) in [5.41, 5.74) is 1.84. The maximum atomic E-state index is 12.7. The molecule has 1 unspecified atom stereocenters. The summed E-state index contributed by atoms with van der Waals surface area (Å²) in [4.78, 5) is 38.6. The summed E-state index contributed by atoms with van der Waals surface area (Å²) < 4.78 is 0. The molecule has 2 aliphatic carbocycles. The smallest absolute Gasteiger partial charge is 0.325 e. The third kappa shape index (κ3) is 3.08. The third-order valence-electron chi connectivity index (χ3n) is 5.97. The van der Waals surface area contributed by atoms with Gasteiger partial charge in [-0.3, -0.25) is 14.5 Å². The van der Waals surface area contributed by atoms with Crippen LogP contribution in [0.25, 0.3) is 0 Å². The SMILES string of the molecule is O=C(CN1C(=O)NC2(CCCCC2)C1=O)NC1CCc2ccccc2C1. The zero-order chi connectivity index (χ0) is 18.1. The van der Waals surface area contributed by atoms with Crippen LogP contribution in [0.15, 0.2) is 24.3 Å². The van der Waals surface area contributed by atoms with Crippen molar-refractivity contribution in [1.82, 2.24) is 15.5 Å². The average molecular weight is 355 g/mol. The van der Waals surface area contributed by atoms with Crippen LogP contribution in [0.4, 0.5) is 4.79 Å². The number of hydrogen-bond donors (Lipinski definition) is 2. The van der Waals surface area contributed by atoms with Crippen LogP contribution in [0.2, 0.25) is 0 Å². The second-order valence-electron chi connectivity index (χ2n) is 7.74. The van der Waals surface area contributed by atoms with E-state index in [0.717, 1.165) is 43.4 Å². The summed E-state index contributed by atoms with van der Waals surface area (Å²) in [6.45, 7) is -0.190. The summed E-state index contributed by atoms with van der Waals surface area (Å²) in [6.07, 6.45) is 6.94. The quantitative estimate of drug-likeness (QED) is 0.813. The molecule has 0 radical (unpaired) electrons. The maximum Gasteiger partial charge on any atom is 0.325 e. The Balaban J connectivity index is 1.36. The number of fused-ring (bicyclic) bond motifs is 1. The number of aryl methyl sites for hydroxylation is 1. The molecule has 1 spiro atoms. The van der Waals surface area contributed by atoms with Crippen LogP contribution in [0.1, 0.15) is 49.7 Å². The fraction of sp³-hybridized carbons (Fsp3) is 0.550. The van der Waals surface area contributed by atoms with Crippen LogP contribution in [-0.4, -0.2) is 40.9 Å². The van der Waals surface area contributed by atoms with Gasteiger partial charge in [-0.2, -0.15) is 0 Å². The molecule has 0 bridgehead atoms. The number of nitrogens with one attached hydrogen (secondary N) is 2. The van der Waals surface area contributed by atoms with E-state index in [-0.39, 0.29) is 24.4 Å². The Morgan fingerprint density at radius 3 is 2.65 bits per heavy atom. The first-order valence-electron chi connectivity index (χ1n) is 9.58. The highest BCUT2D eigenvalue weighted by Gasteiger charge is 2.51. The zero-order valence-corrected chi connectivity index (χ0v) is 14.9. The number of carbonyl (C=O) groups is 3. The molecule has 1 saturated heterocycles. The van der Waals surface area contributed by atoms with Gasteiger partial charge in [0.15, 0.2) is 0 Å². The largest absolute Gasteiger partial charge is 0.351 e. The van der Waals surface area contributed by atoms with Gasteiger partial charge < -0.3 is 10.6 Å². The summed E-state index contributed by atoms with van der Waals surface area (Å²) in [5, 5.41) is 5.85. The molecule has 4 amide bonds. The number of hydrogen-bond acceptors (Lipinski definition) is 3. The summed E-state index contributed by atoms with van der Waals surface area (Å²) >= 11 is 0. The van der Waals surface area contributed by atoms with Crippen LogP contribution in [-0.2, 0) is 22.4 Å². The normalized spacial score (nSPS) is 24.3. The van der Waals surface area contributed by atoms with Gasteiger partial charge in [0.1, 0.15) is 12.1 Å². The number of amides is 4. The van der Waals surface area contributed by atoms with Crippen molar-refractivity contribution in [2.45, 2.75) is 62.9 Å². The van der Waals surface area contributed by atoms with E-state index in [2.05, 4.69) is 22.8 Å². The van der Waals surface area contributed by atoms with Crippen molar-refractivity contribution in [3.05, 3.63) is 35.4 Å². The first-order valence-corrected chi connectivity index (χ1v) is 9.58. The van der Waals surface area contributed by atoms with Gasteiger partial charge in [-0.25, -0.2) is 4.79 Å². The first-order chi connectivity index (χ1) is 12.6. The van der Waals surface area contributed by atoms with Gasteiger partial charge in [-0.1, -0.05) is 43.5 Å². The Kier molecular flexibility index (Phi) is 4.42. The molecule has 1 aromatic rings. The van der Waals surface area contributed by atoms with E-state index in [4.69, 9.17) is 0 Å². The second kappa shape index (κ2) is 6.74. The minimum absolute atomic E-state index is 0.0572. The predicted octanol–water partition coefficient (Wildman–Crippen LogP) is 1.91. The van der Waals surface area contributed by atoms with Crippen LogP contribution in [0.3, 0.4) is 0 Å². The summed E-state index contributed by atoms with van der Waals surface area (Å²) in [7, 11) is 0. The number of imide groups is 1. The Morgan fingerprint density at radius 1 is 1.15 bits per heavy atom. The molecule has 1 saturated carbocycles. The summed E-state index contributed by atoms with van der Waals surface area (Å²) in [5.74, 6) is -0.489. The minimum Gasteiger partial charge on any atom is -0.351 e. The summed E-state index contributed by atoms with van der Waals surface area (Å²) in [6, 6.07) is 7.90. The maximum absolute atomic E-state index is 12.7. The van der Waals surface area contributed by atoms with Crippen molar-refractivity contribution < 1.29 is 14.4 Å². The molecule has 0 aromatic heterocycles. The first kappa shape index (κ1) is 17.1. The van der Waals surface area contributed by atoms with Crippen molar-refractivity contribution >= 4 is 17.8 Å². The van der Waals surface area contributed by atoms with Gasteiger partial charge >= 0.3 is 6.03 Å². The lowest BCUT2D eigenvalue weighted by Crippen LogP contribution is -2.49. The lowest BCUT2D eigenvalue weighted by atomic mass is 9.82. The van der Waals surface area contributed by atoms with E-state index in [1.165, 1.54) is 11.1 Å². The van der Waals surface area contributed by atoms with Crippen LogP contribution in [0, 0.1) is 0 Å². The lowest BCUT2D eigenvalue weighted by Gasteiger charge is -2.30.